The number of hydrogen-bond acceptors (Lipinski definition) is 1. The lowest BCUT2D eigenvalue weighted by Crippen LogP contribution is -2.12. The summed E-state index contributed by atoms with van der Waals surface area (Å²) < 4.78 is 0. The first-order valence-corrected chi connectivity index (χ1v) is 6.70. The molecule has 0 unspecified atom stereocenters. The molecule has 3 heteroatoms. The van der Waals surface area contributed by atoms with Gasteiger partial charge in [0, 0.05) is 0 Å². The molecule has 2 aromatic carbocycles. The van der Waals surface area contributed by atoms with Gasteiger partial charge in [0.05, 0.1) is 11.6 Å². The van der Waals surface area contributed by atoms with Crippen LogP contribution in [-0.2, 0) is 0 Å². The Labute approximate surface area is 118 Å². The number of amidine groups is 1. The Balaban J connectivity index is 2.40. The van der Waals surface area contributed by atoms with Crippen LogP contribution in [0.4, 0.5) is 5.69 Å². The number of alkyl halides is 1. The highest BCUT2D eigenvalue weighted by atomic mass is 35.5. The Hall–Kier alpha value is -1.80. The molecule has 0 radical (unpaired) electrons. The molecule has 0 amide bonds. The highest BCUT2D eigenvalue weighted by molar-refractivity contribution is 6.28. The minimum atomic E-state index is 0.244. The fourth-order valence-electron chi connectivity index (χ4n) is 1.87. The lowest BCUT2D eigenvalue weighted by molar-refractivity contribution is 1.34. The summed E-state index contributed by atoms with van der Waals surface area (Å²) in [6.07, 6.45) is 0. The van der Waals surface area contributed by atoms with Gasteiger partial charge >= 0.3 is 0 Å². The zero-order valence-corrected chi connectivity index (χ0v) is 11.9. The number of halogens is 1. The van der Waals surface area contributed by atoms with Gasteiger partial charge in [-0.3, -0.25) is 0 Å². The molecule has 0 fully saturated rings. The number of rotatable bonds is 3. The van der Waals surface area contributed by atoms with Gasteiger partial charge in [0.15, 0.2) is 0 Å². The van der Waals surface area contributed by atoms with E-state index >= 15 is 0 Å². The minimum absolute atomic E-state index is 0.244. The summed E-state index contributed by atoms with van der Waals surface area (Å²) in [5.74, 6) is 0.673. The van der Waals surface area contributed by atoms with Gasteiger partial charge in [-0.15, -0.1) is 11.6 Å². The van der Waals surface area contributed by atoms with Gasteiger partial charge in [-0.2, -0.15) is 0 Å². The summed E-state index contributed by atoms with van der Waals surface area (Å²) >= 11 is 5.64. The fraction of sp³-hybridized carbons (Fsp3) is 0.188. The molecule has 0 heterocycles. The molecule has 0 saturated carbocycles. The van der Waals surface area contributed by atoms with E-state index in [1.807, 2.05) is 18.2 Å². The van der Waals surface area contributed by atoms with E-state index in [1.54, 1.807) is 0 Å². The van der Waals surface area contributed by atoms with Crippen LogP contribution in [-0.4, -0.2) is 11.7 Å². The van der Waals surface area contributed by atoms with Crippen molar-refractivity contribution >= 4 is 23.1 Å². The van der Waals surface area contributed by atoms with E-state index in [9.17, 15) is 0 Å². The van der Waals surface area contributed by atoms with Crippen molar-refractivity contribution in [2.45, 2.75) is 13.8 Å². The third kappa shape index (κ3) is 3.36. The average molecular weight is 273 g/mol. The highest BCUT2D eigenvalue weighted by Crippen LogP contribution is 2.25. The molecule has 0 aliphatic carbocycles. The van der Waals surface area contributed by atoms with Gasteiger partial charge in [-0.1, -0.05) is 30.3 Å². The first-order chi connectivity index (χ1) is 9.10. The van der Waals surface area contributed by atoms with E-state index in [4.69, 9.17) is 17.3 Å². The van der Waals surface area contributed by atoms with Crippen LogP contribution in [0.5, 0.6) is 0 Å². The number of nitrogens with zero attached hydrogens (tertiary/aromatic N) is 1. The highest BCUT2D eigenvalue weighted by Gasteiger charge is 2.01. The second-order valence-electron chi connectivity index (χ2n) is 4.59. The van der Waals surface area contributed by atoms with E-state index in [1.165, 1.54) is 16.7 Å². The molecule has 0 bridgehead atoms. The van der Waals surface area contributed by atoms with Crippen molar-refractivity contribution in [3.05, 3.63) is 53.6 Å². The van der Waals surface area contributed by atoms with Gasteiger partial charge in [0.1, 0.15) is 5.84 Å². The molecule has 2 nitrogen and oxygen atoms in total. The summed E-state index contributed by atoms with van der Waals surface area (Å²) in [6, 6.07) is 14.4. The topological polar surface area (TPSA) is 38.4 Å². The molecule has 0 atom stereocenters. The third-order valence-corrected chi connectivity index (χ3v) is 3.37. The lowest BCUT2D eigenvalue weighted by atomic mass is 10.0. The number of aliphatic imine (C=N–C) groups is 1. The Morgan fingerprint density at radius 3 is 2.47 bits per heavy atom. The standard InChI is InChI=1S/C16H17ClN2/c1-11-6-7-14(8-12(11)2)13-4-3-5-15(9-13)19-16(18)10-17/h3-9H,10H2,1-2H3,(H2,18,19). The molecule has 98 valence electrons. The van der Waals surface area contributed by atoms with Gasteiger partial charge < -0.3 is 5.73 Å². The Bertz CT molecular complexity index is 618. The van der Waals surface area contributed by atoms with Crippen molar-refractivity contribution in [2.75, 3.05) is 5.88 Å². The predicted molar refractivity (Wildman–Crippen MR) is 83.4 cm³/mol. The summed E-state index contributed by atoms with van der Waals surface area (Å²) in [7, 11) is 0. The molecule has 19 heavy (non-hydrogen) atoms. The quantitative estimate of drug-likeness (QED) is 0.508. The fourth-order valence-corrected chi connectivity index (χ4v) is 1.93. The molecule has 0 aliphatic rings. The average Bonchev–Trinajstić information content (AvgIpc) is 2.42. The number of benzene rings is 2. The maximum absolute atomic E-state index is 5.66. The van der Waals surface area contributed by atoms with Crippen molar-refractivity contribution in [2.24, 2.45) is 10.7 Å². The van der Waals surface area contributed by atoms with Crippen LogP contribution in [0.1, 0.15) is 11.1 Å². The molecular formula is C16H17ClN2. The molecule has 0 saturated heterocycles. The first-order valence-electron chi connectivity index (χ1n) is 6.17. The Kier molecular flexibility index (Phi) is 4.23. The number of aryl methyl sites for hydroxylation is 2. The minimum Gasteiger partial charge on any atom is -0.386 e. The van der Waals surface area contributed by atoms with Crippen molar-refractivity contribution < 1.29 is 0 Å². The van der Waals surface area contributed by atoms with Gasteiger partial charge in [0.2, 0.25) is 0 Å². The molecule has 0 spiro atoms. The van der Waals surface area contributed by atoms with E-state index in [-0.39, 0.29) is 5.88 Å². The second-order valence-corrected chi connectivity index (χ2v) is 4.85. The molecule has 0 aliphatic heterocycles. The SMILES string of the molecule is Cc1ccc(-c2cccc(N=C(N)CCl)c2)cc1C. The molecule has 2 aromatic rings. The van der Waals surface area contributed by atoms with E-state index in [0.717, 1.165) is 11.3 Å². The predicted octanol–water partition coefficient (Wildman–Crippen LogP) is 4.20. The van der Waals surface area contributed by atoms with E-state index in [2.05, 4.69) is 43.1 Å². The Morgan fingerprint density at radius 1 is 1.05 bits per heavy atom. The largest absolute Gasteiger partial charge is 0.386 e. The van der Waals surface area contributed by atoms with E-state index in [0.29, 0.717) is 5.84 Å². The lowest BCUT2D eigenvalue weighted by Gasteiger charge is -2.06. The normalized spacial score (nSPS) is 11.6. The second kappa shape index (κ2) is 5.89. The zero-order chi connectivity index (χ0) is 13.8. The maximum atomic E-state index is 5.66. The van der Waals surface area contributed by atoms with Crippen LogP contribution < -0.4 is 5.73 Å². The van der Waals surface area contributed by atoms with Crippen molar-refractivity contribution in [3.8, 4) is 11.1 Å². The van der Waals surface area contributed by atoms with Crippen LogP contribution in [0.2, 0.25) is 0 Å². The smallest absolute Gasteiger partial charge is 0.115 e. The van der Waals surface area contributed by atoms with E-state index < -0.39 is 0 Å². The molecular weight excluding hydrogens is 256 g/mol. The van der Waals surface area contributed by atoms with Crippen LogP contribution in [0, 0.1) is 13.8 Å². The molecule has 2 rings (SSSR count). The first kappa shape index (κ1) is 13.6. The van der Waals surface area contributed by atoms with Crippen molar-refractivity contribution in [1.29, 1.82) is 0 Å². The van der Waals surface area contributed by atoms with Crippen LogP contribution in [0.3, 0.4) is 0 Å². The number of nitrogens with two attached hydrogens (primary N) is 1. The van der Waals surface area contributed by atoms with Crippen LogP contribution >= 0.6 is 11.6 Å². The van der Waals surface area contributed by atoms with Crippen LogP contribution in [0.15, 0.2) is 47.5 Å². The Morgan fingerprint density at radius 2 is 1.79 bits per heavy atom. The zero-order valence-electron chi connectivity index (χ0n) is 11.2. The summed E-state index contributed by atoms with van der Waals surface area (Å²) in [5.41, 5.74) is 11.4. The maximum Gasteiger partial charge on any atom is 0.115 e. The summed E-state index contributed by atoms with van der Waals surface area (Å²) in [5, 5.41) is 0. The van der Waals surface area contributed by atoms with Gasteiger partial charge in [-0.25, -0.2) is 4.99 Å². The number of hydrogen-bond donors (Lipinski definition) is 1. The molecule has 0 aromatic heterocycles. The third-order valence-electron chi connectivity index (χ3n) is 3.10. The van der Waals surface area contributed by atoms with Gasteiger partial charge in [0.25, 0.3) is 0 Å². The van der Waals surface area contributed by atoms with Gasteiger partial charge in [-0.05, 0) is 48.2 Å². The van der Waals surface area contributed by atoms with Crippen molar-refractivity contribution in [3.63, 3.8) is 0 Å². The van der Waals surface area contributed by atoms with Crippen LogP contribution in [0.25, 0.3) is 11.1 Å². The summed E-state index contributed by atoms with van der Waals surface area (Å²) in [6.45, 7) is 4.23. The summed E-state index contributed by atoms with van der Waals surface area (Å²) in [4.78, 5) is 4.27. The monoisotopic (exact) mass is 272 g/mol. The van der Waals surface area contributed by atoms with Crippen molar-refractivity contribution in [1.82, 2.24) is 0 Å². The molecule has 2 N–H and O–H groups in total.